The van der Waals surface area contributed by atoms with E-state index in [0.29, 0.717) is 22.4 Å². The molecule has 1 amide bonds. The van der Waals surface area contributed by atoms with Crippen molar-refractivity contribution in [1.29, 1.82) is 0 Å². The van der Waals surface area contributed by atoms with Gasteiger partial charge in [0, 0.05) is 18.2 Å². The molecule has 0 aliphatic carbocycles. The maximum absolute atomic E-state index is 11.9. The van der Waals surface area contributed by atoms with Gasteiger partial charge in [-0.25, -0.2) is 0 Å². The minimum atomic E-state index is -0.245. The molecule has 114 valence electrons. The van der Waals surface area contributed by atoms with E-state index in [-0.39, 0.29) is 12.5 Å². The highest BCUT2D eigenvalue weighted by Gasteiger charge is 2.13. The van der Waals surface area contributed by atoms with Crippen molar-refractivity contribution in [3.8, 4) is 11.5 Å². The van der Waals surface area contributed by atoms with Gasteiger partial charge < -0.3 is 14.8 Å². The van der Waals surface area contributed by atoms with E-state index in [2.05, 4.69) is 5.32 Å². The fraction of sp³-hybridized carbons (Fsp3) is 0.188. The Morgan fingerprint density at radius 3 is 2.86 bits per heavy atom. The summed E-state index contributed by atoms with van der Waals surface area (Å²) in [7, 11) is 0. The van der Waals surface area contributed by atoms with Crippen molar-refractivity contribution in [1.82, 2.24) is 0 Å². The summed E-state index contributed by atoms with van der Waals surface area (Å²) in [5, 5.41) is 3.62. The van der Waals surface area contributed by atoms with Gasteiger partial charge in [-0.05, 0) is 35.9 Å². The van der Waals surface area contributed by atoms with Crippen LogP contribution < -0.4 is 14.8 Å². The summed E-state index contributed by atoms with van der Waals surface area (Å²) in [4.78, 5) is 11.9. The lowest BCUT2D eigenvalue weighted by molar-refractivity contribution is -0.118. The molecule has 4 nitrogen and oxygen atoms in total. The van der Waals surface area contributed by atoms with E-state index in [1.165, 1.54) is 0 Å². The van der Waals surface area contributed by atoms with Gasteiger partial charge in [0.05, 0.1) is 16.7 Å². The fourth-order valence-corrected chi connectivity index (χ4v) is 2.47. The van der Waals surface area contributed by atoms with E-state index in [4.69, 9.17) is 32.7 Å². The van der Waals surface area contributed by atoms with Crippen LogP contribution >= 0.6 is 23.2 Å². The summed E-state index contributed by atoms with van der Waals surface area (Å²) in [5.74, 6) is 1.13. The van der Waals surface area contributed by atoms with E-state index < -0.39 is 0 Å². The molecule has 2 aromatic carbocycles. The summed E-state index contributed by atoms with van der Waals surface area (Å²) in [5.41, 5.74) is 1.83. The van der Waals surface area contributed by atoms with Gasteiger partial charge in [0.25, 0.3) is 5.91 Å². The van der Waals surface area contributed by atoms with Gasteiger partial charge >= 0.3 is 0 Å². The van der Waals surface area contributed by atoms with Gasteiger partial charge in [-0.15, -0.1) is 0 Å². The molecule has 1 aliphatic heterocycles. The number of rotatable bonds is 4. The topological polar surface area (TPSA) is 47.6 Å². The van der Waals surface area contributed by atoms with Crippen molar-refractivity contribution in [2.45, 2.75) is 6.42 Å². The van der Waals surface area contributed by atoms with Crippen LogP contribution in [0.4, 0.5) is 5.69 Å². The molecule has 3 rings (SSSR count). The lowest BCUT2D eigenvalue weighted by Crippen LogP contribution is -2.20. The molecule has 2 aromatic rings. The average Bonchev–Trinajstić information content (AvgIpc) is 2.96. The third-order valence-electron chi connectivity index (χ3n) is 3.23. The van der Waals surface area contributed by atoms with Gasteiger partial charge in [0.2, 0.25) is 0 Å². The van der Waals surface area contributed by atoms with Crippen molar-refractivity contribution in [2.75, 3.05) is 18.5 Å². The third kappa shape index (κ3) is 3.46. The van der Waals surface area contributed by atoms with Gasteiger partial charge in [0.1, 0.15) is 11.5 Å². The second kappa shape index (κ2) is 6.46. The zero-order valence-corrected chi connectivity index (χ0v) is 13.1. The zero-order chi connectivity index (χ0) is 15.5. The number of halogens is 2. The first-order valence-corrected chi connectivity index (χ1v) is 7.51. The van der Waals surface area contributed by atoms with Crippen LogP contribution in [0.2, 0.25) is 10.0 Å². The number of amides is 1. The molecule has 1 N–H and O–H groups in total. The minimum Gasteiger partial charge on any atom is -0.493 e. The van der Waals surface area contributed by atoms with E-state index in [1.54, 1.807) is 24.3 Å². The molecule has 1 heterocycles. The van der Waals surface area contributed by atoms with E-state index in [9.17, 15) is 4.79 Å². The summed E-state index contributed by atoms with van der Waals surface area (Å²) in [6, 6.07) is 10.4. The summed E-state index contributed by atoms with van der Waals surface area (Å²) < 4.78 is 10.8. The smallest absolute Gasteiger partial charge is 0.262 e. The quantitative estimate of drug-likeness (QED) is 0.918. The maximum Gasteiger partial charge on any atom is 0.262 e. The number of fused-ring (bicyclic) bond motifs is 1. The summed E-state index contributed by atoms with van der Waals surface area (Å²) in [6.45, 7) is 0.582. The van der Waals surface area contributed by atoms with Crippen LogP contribution in [-0.4, -0.2) is 19.1 Å². The van der Waals surface area contributed by atoms with Gasteiger partial charge in [-0.3, -0.25) is 4.79 Å². The molecule has 0 unspecified atom stereocenters. The molecule has 0 saturated carbocycles. The van der Waals surface area contributed by atoms with Crippen LogP contribution in [-0.2, 0) is 11.2 Å². The first-order chi connectivity index (χ1) is 10.6. The number of ether oxygens (including phenoxy) is 2. The molecule has 0 aromatic heterocycles. The van der Waals surface area contributed by atoms with Crippen molar-refractivity contribution in [3.05, 3.63) is 52.0 Å². The van der Waals surface area contributed by atoms with Crippen molar-refractivity contribution < 1.29 is 14.3 Å². The molecular formula is C16H13Cl2NO3. The second-order valence-electron chi connectivity index (χ2n) is 4.83. The first-order valence-electron chi connectivity index (χ1n) is 6.75. The predicted molar refractivity (Wildman–Crippen MR) is 86.2 cm³/mol. The minimum absolute atomic E-state index is 0.106. The van der Waals surface area contributed by atoms with Gasteiger partial charge in [-0.1, -0.05) is 23.2 Å². The Balaban J connectivity index is 1.57. The molecule has 6 heteroatoms. The fourth-order valence-electron chi connectivity index (χ4n) is 2.18. The SMILES string of the molecule is O=C(COc1ccc(Cl)c(Cl)c1)Nc1ccc2c(c1)CCO2. The number of hydrogen-bond acceptors (Lipinski definition) is 3. The monoisotopic (exact) mass is 337 g/mol. The van der Waals surface area contributed by atoms with Gasteiger partial charge in [-0.2, -0.15) is 0 Å². The lowest BCUT2D eigenvalue weighted by atomic mass is 10.1. The van der Waals surface area contributed by atoms with Crippen LogP contribution in [0, 0.1) is 0 Å². The highest BCUT2D eigenvalue weighted by atomic mass is 35.5. The second-order valence-corrected chi connectivity index (χ2v) is 5.65. The van der Waals surface area contributed by atoms with E-state index in [1.807, 2.05) is 12.1 Å². The van der Waals surface area contributed by atoms with Crippen LogP contribution in [0.25, 0.3) is 0 Å². The van der Waals surface area contributed by atoms with Crippen molar-refractivity contribution >= 4 is 34.8 Å². The Hall–Kier alpha value is -1.91. The largest absolute Gasteiger partial charge is 0.493 e. The molecule has 0 bridgehead atoms. The highest BCUT2D eigenvalue weighted by Crippen LogP contribution is 2.28. The van der Waals surface area contributed by atoms with Crippen LogP contribution in [0.15, 0.2) is 36.4 Å². The van der Waals surface area contributed by atoms with Gasteiger partial charge in [0.15, 0.2) is 6.61 Å². The number of benzene rings is 2. The number of carbonyl (C=O) groups excluding carboxylic acids is 1. The zero-order valence-electron chi connectivity index (χ0n) is 11.6. The molecule has 0 atom stereocenters. The number of anilines is 1. The van der Waals surface area contributed by atoms with Crippen LogP contribution in [0.3, 0.4) is 0 Å². The Kier molecular flexibility index (Phi) is 4.41. The lowest BCUT2D eigenvalue weighted by Gasteiger charge is -2.09. The number of carbonyl (C=O) groups is 1. The summed E-state index contributed by atoms with van der Waals surface area (Å²) in [6.07, 6.45) is 0.860. The Morgan fingerprint density at radius 1 is 1.18 bits per heavy atom. The van der Waals surface area contributed by atoms with Crippen LogP contribution in [0.1, 0.15) is 5.56 Å². The Bertz CT molecular complexity index is 719. The standard InChI is InChI=1S/C16H13Cl2NO3/c17-13-3-2-12(8-14(13)18)22-9-16(20)19-11-1-4-15-10(7-11)5-6-21-15/h1-4,7-8H,5-6,9H2,(H,19,20). The third-order valence-corrected chi connectivity index (χ3v) is 3.97. The average molecular weight is 338 g/mol. The molecule has 0 saturated heterocycles. The molecule has 0 radical (unpaired) electrons. The normalized spacial score (nSPS) is 12.5. The number of hydrogen-bond donors (Lipinski definition) is 1. The van der Waals surface area contributed by atoms with Crippen molar-refractivity contribution in [3.63, 3.8) is 0 Å². The van der Waals surface area contributed by atoms with E-state index in [0.717, 1.165) is 23.4 Å². The van der Waals surface area contributed by atoms with Crippen molar-refractivity contribution in [2.24, 2.45) is 0 Å². The molecule has 0 spiro atoms. The first kappa shape index (κ1) is 15.0. The highest BCUT2D eigenvalue weighted by molar-refractivity contribution is 6.42. The van der Waals surface area contributed by atoms with E-state index >= 15 is 0 Å². The molecule has 1 aliphatic rings. The Morgan fingerprint density at radius 2 is 2.05 bits per heavy atom. The Labute approximate surface area is 137 Å². The molecule has 0 fully saturated rings. The molecular weight excluding hydrogens is 325 g/mol. The predicted octanol–water partition coefficient (Wildman–Crippen LogP) is 3.95. The summed E-state index contributed by atoms with van der Waals surface area (Å²) >= 11 is 11.7. The van der Waals surface area contributed by atoms with Crippen LogP contribution in [0.5, 0.6) is 11.5 Å². The molecule has 22 heavy (non-hydrogen) atoms. The maximum atomic E-state index is 11.9. The number of nitrogens with one attached hydrogen (secondary N) is 1.